The van der Waals surface area contributed by atoms with Gasteiger partial charge in [-0.2, -0.15) is 5.26 Å². The van der Waals surface area contributed by atoms with Crippen LogP contribution in [0.25, 0.3) is 0 Å². The highest BCUT2D eigenvalue weighted by atomic mass is 16.2. The smallest absolute Gasteiger partial charge is 0.325 e. The number of nitriles is 1. The third-order valence-electron chi connectivity index (χ3n) is 4.42. The minimum absolute atomic E-state index is 0.299. The third-order valence-corrected chi connectivity index (χ3v) is 4.42. The lowest BCUT2D eigenvalue weighted by Gasteiger charge is -2.25. The van der Waals surface area contributed by atoms with Crippen molar-refractivity contribution in [2.75, 3.05) is 11.9 Å². The summed E-state index contributed by atoms with van der Waals surface area (Å²) in [6, 6.07) is 8.42. The van der Waals surface area contributed by atoms with E-state index >= 15 is 0 Å². The second kappa shape index (κ2) is 8.48. The van der Waals surface area contributed by atoms with Gasteiger partial charge in [-0.1, -0.05) is 38.8 Å². The van der Waals surface area contributed by atoms with E-state index in [1.165, 1.54) is 0 Å². The van der Waals surface area contributed by atoms with Gasteiger partial charge >= 0.3 is 6.03 Å². The molecule has 4 amide bonds. The molecule has 0 aromatic heterocycles. The molecule has 1 aliphatic heterocycles. The van der Waals surface area contributed by atoms with E-state index in [-0.39, 0.29) is 12.5 Å². The van der Waals surface area contributed by atoms with E-state index in [4.69, 9.17) is 5.26 Å². The van der Waals surface area contributed by atoms with Crippen molar-refractivity contribution in [2.24, 2.45) is 0 Å². The van der Waals surface area contributed by atoms with Gasteiger partial charge in [0.15, 0.2) is 0 Å². The highest BCUT2D eigenvalue weighted by molar-refractivity contribution is 6.10. The average Bonchev–Trinajstić information content (AvgIpc) is 2.82. The van der Waals surface area contributed by atoms with Crippen molar-refractivity contribution in [1.82, 2.24) is 10.2 Å². The first-order chi connectivity index (χ1) is 12.5. The summed E-state index contributed by atoms with van der Waals surface area (Å²) in [5, 5.41) is 14.1. The molecule has 1 saturated heterocycles. The van der Waals surface area contributed by atoms with Crippen LogP contribution in [-0.2, 0) is 16.0 Å². The molecule has 1 aromatic carbocycles. The highest BCUT2D eigenvalue weighted by Crippen LogP contribution is 2.28. The lowest BCUT2D eigenvalue weighted by molar-refractivity contribution is -0.134. The molecule has 0 spiro atoms. The largest absolute Gasteiger partial charge is 0.325 e. The van der Waals surface area contributed by atoms with Crippen molar-refractivity contribution in [3.05, 3.63) is 29.8 Å². The molecule has 0 radical (unpaired) electrons. The Kier molecular flexibility index (Phi) is 6.34. The van der Waals surface area contributed by atoms with E-state index in [9.17, 15) is 14.4 Å². The molecule has 1 aromatic rings. The monoisotopic (exact) mass is 356 g/mol. The van der Waals surface area contributed by atoms with Crippen molar-refractivity contribution >= 4 is 23.5 Å². The lowest BCUT2D eigenvalue weighted by atomic mass is 9.88. The predicted molar refractivity (Wildman–Crippen MR) is 97.2 cm³/mol. The molecular formula is C19H24N4O3. The van der Waals surface area contributed by atoms with Crippen LogP contribution in [0, 0.1) is 11.3 Å². The first-order valence-corrected chi connectivity index (χ1v) is 8.85. The van der Waals surface area contributed by atoms with Gasteiger partial charge in [0, 0.05) is 5.69 Å². The Morgan fingerprint density at radius 3 is 2.35 bits per heavy atom. The van der Waals surface area contributed by atoms with E-state index < -0.39 is 17.5 Å². The van der Waals surface area contributed by atoms with Gasteiger partial charge in [-0.3, -0.25) is 14.5 Å². The second-order valence-electron chi connectivity index (χ2n) is 6.48. The summed E-state index contributed by atoms with van der Waals surface area (Å²) in [7, 11) is 0. The highest BCUT2D eigenvalue weighted by Gasteiger charge is 2.50. The molecule has 2 N–H and O–H groups in total. The summed E-state index contributed by atoms with van der Waals surface area (Å²) >= 11 is 0. The van der Waals surface area contributed by atoms with Crippen LogP contribution >= 0.6 is 0 Å². The van der Waals surface area contributed by atoms with Crippen molar-refractivity contribution in [2.45, 2.75) is 51.5 Å². The van der Waals surface area contributed by atoms with Crippen molar-refractivity contribution in [3.8, 4) is 6.07 Å². The predicted octanol–water partition coefficient (Wildman–Crippen LogP) is 2.58. The number of rotatable bonds is 8. The number of urea groups is 1. The van der Waals surface area contributed by atoms with Gasteiger partial charge < -0.3 is 10.6 Å². The Morgan fingerprint density at radius 2 is 1.81 bits per heavy atom. The number of amides is 4. The Balaban J connectivity index is 2.03. The summed E-state index contributed by atoms with van der Waals surface area (Å²) in [6.45, 7) is 3.60. The standard InChI is InChI=1S/C19H24N4O3/c1-3-10-19(11-4-2)17(25)23(18(26)22-19)13-16(24)21-15-7-5-14(6-8-15)9-12-20/h5-8H,3-4,9-11,13H2,1-2H3,(H,21,24)(H,22,26). The quantitative estimate of drug-likeness (QED) is 0.699. The first-order valence-electron chi connectivity index (χ1n) is 8.85. The van der Waals surface area contributed by atoms with Crippen LogP contribution in [0.15, 0.2) is 24.3 Å². The average molecular weight is 356 g/mol. The molecule has 7 nitrogen and oxygen atoms in total. The molecule has 0 aliphatic carbocycles. The van der Waals surface area contributed by atoms with Crippen LogP contribution in [0.1, 0.15) is 45.1 Å². The summed E-state index contributed by atoms with van der Waals surface area (Å²) in [6.07, 6.45) is 2.95. The van der Waals surface area contributed by atoms with Crippen LogP contribution in [0.5, 0.6) is 0 Å². The fourth-order valence-electron chi connectivity index (χ4n) is 3.28. The molecule has 1 heterocycles. The Bertz CT molecular complexity index is 715. The number of carbonyl (C=O) groups is 3. The number of imide groups is 1. The SMILES string of the molecule is CCCC1(CCC)NC(=O)N(CC(=O)Nc2ccc(CC#N)cc2)C1=O. The molecule has 0 bridgehead atoms. The van der Waals surface area contributed by atoms with E-state index in [2.05, 4.69) is 16.7 Å². The number of nitrogens with one attached hydrogen (secondary N) is 2. The minimum Gasteiger partial charge on any atom is -0.325 e. The van der Waals surface area contributed by atoms with Crippen molar-refractivity contribution in [1.29, 1.82) is 5.26 Å². The van der Waals surface area contributed by atoms with Crippen LogP contribution < -0.4 is 10.6 Å². The van der Waals surface area contributed by atoms with Gasteiger partial charge in [0.2, 0.25) is 5.91 Å². The summed E-state index contributed by atoms with van der Waals surface area (Å²) in [4.78, 5) is 38.2. The van der Waals surface area contributed by atoms with Gasteiger partial charge in [0.1, 0.15) is 12.1 Å². The Hall–Kier alpha value is -2.88. The Labute approximate surface area is 153 Å². The number of carbonyl (C=O) groups excluding carboxylic acids is 3. The van der Waals surface area contributed by atoms with E-state index in [1.54, 1.807) is 24.3 Å². The zero-order chi connectivity index (χ0) is 19.2. The zero-order valence-corrected chi connectivity index (χ0v) is 15.2. The van der Waals surface area contributed by atoms with Crippen LogP contribution in [0.4, 0.5) is 10.5 Å². The van der Waals surface area contributed by atoms with Gasteiger partial charge in [0.25, 0.3) is 5.91 Å². The maximum Gasteiger partial charge on any atom is 0.325 e. The molecule has 26 heavy (non-hydrogen) atoms. The number of anilines is 1. The topological polar surface area (TPSA) is 102 Å². The van der Waals surface area contributed by atoms with E-state index in [1.807, 2.05) is 13.8 Å². The molecule has 7 heteroatoms. The lowest BCUT2D eigenvalue weighted by Crippen LogP contribution is -2.47. The molecule has 1 fully saturated rings. The molecule has 0 atom stereocenters. The summed E-state index contributed by atoms with van der Waals surface area (Å²) < 4.78 is 0. The zero-order valence-electron chi connectivity index (χ0n) is 15.2. The van der Waals surface area contributed by atoms with Gasteiger partial charge in [-0.05, 0) is 30.5 Å². The first kappa shape index (κ1) is 19.4. The summed E-state index contributed by atoms with van der Waals surface area (Å²) in [5.74, 6) is -0.768. The van der Waals surface area contributed by atoms with Gasteiger partial charge in [-0.15, -0.1) is 0 Å². The van der Waals surface area contributed by atoms with Crippen molar-refractivity contribution < 1.29 is 14.4 Å². The molecule has 138 valence electrons. The molecule has 0 saturated carbocycles. The summed E-state index contributed by atoms with van der Waals surface area (Å²) in [5.41, 5.74) is 0.514. The molecule has 1 aliphatic rings. The molecule has 2 rings (SSSR count). The fourth-order valence-corrected chi connectivity index (χ4v) is 3.28. The minimum atomic E-state index is -0.889. The maximum absolute atomic E-state index is 12.8. The van der Waals surface area contributed by atoms with Crippen LogP contribution in [-0.4, -0.2) is 34.8 Å². The van der Waals surface area contributed by atoms with E-state index in [0.717, 1.165) is 23.3 Å². The van der Waals surface area contributed by atoms with Crippen LogP contribution in [0.3, 0.4) is 0 Å². The maximum atomic E-state index is 12.8. The van der Waals surface area contributed by atoms with E-state index in [0.29, 0.717) is 24.9 Å². The normalized spacial score (nSPS) is 15.5. The number of benzene rings is 1. The van der Waals surface area contributed by atoms with Crippen LogP contribution in [0.2, 0.25) is 0 Å². The molecule has 0 unspecified atom stereocenters. The van der Waals surface area contributed by atoms with Crippen molar-refractivity contribution in [3.63, 3.8) is 0 Å². The fraction of sp³-hybridized carbons (Fsp3) is 0.474. The van der Waals surface area contributed by atoms with Gasteiger partial charge in [0.05, 0.1) is 12.5 Å². The number of nitrogens with zero attached hydrogens (tertiary/aromatic N) is 2. The van der Waals surface area contributed by atoms with Gasteiger partial charge in [-0.25, -0.2) is 4.79 Å². The number of hydrogen-bond acceptors (Lipinski definition) is 4. The number of hydrogen-bond donors (Lipinski definition) is 2. The Morgan fingerprint density at radius 1 is 1.19 bits per heavy atom. The second-order valence-corrected chi connectivity index (χ2v) is 6.48. The molecular weight excluding hydrogens is 332 g/mol. The third kappa shape index (κ3) is 4.20.